The number of para-hydroxylation sites is 2. The molecule has 2 aliphatic rings. The number of rotatable bonds is 5. The Morgan fingerprint density at radius 1 is 1.06 bits per heavy atom. The second-order valence-electron chi connectivity index (χ2n) is 6.97. The second-order valence-corrected chi connectivity index (χ2v) is 8.61. The first-order valence-corrected chi connectivity index (χ1v) is 10.9. The lowest BCUT2D eigenvalue weighted by Gasteiger charge is -2.17. The van der Waals surface area contributed by atoms with Crippen LogP contribution in [0.15, 0.2) is 53.4 Å². The molecule has 0 spiro atoms. The molecule has 1 saturated heterocycles. The highest BCUT2D eigenvalue weighted by molar-refractivity contribution is 8.26. The number of carbonyl (C=O) groups is 3. The lowest BCUT2D eigenvalue weighted by atomic mass is 10.1. The van der Waals surface area contributed by atoms with Crippen molar-refractivity contribution in [3.63, 3.8) is 0 Å². The Morgan fingerprint density at radius 2 is 1.77 bits per heavy atom. The maximum atomic E-state index is 13.9. The van der Waals surface area contributed by atoms with Crippen molar-refractivity contribution in [3.8, 4) is 0 Å². The summed E-state index contributed by atoms with van der Waals surface area (Å²) in [6.07, 6.45) is 0.738. The minimum absolute atomic E-state index is 0.0353. The molecule has 4 rings (SSSR count). The van der Waals surface area contributed by atoms with Crippen LogP contribution in [0.4, 0.5) is 15.8 Å². The van der Waals surface area contributed by atoms with Crippen molar-refractivity contribution >= 4 is 63.0 Å². The van der Waals surface area contributed by atoms with Gasteiger partial charge in [0.2, 0.25) is 5.91 Å². The van der Waals surface area contributed by atoms with E-state index in [0.717, 1.165) is 18.2 Å². The fourth-order valence-electron chi connectivity index (χ4n) is 3.52. The SMILES string of the molecule is CCCN1C(=O)/C(=C2/C(=O)N(CC(=O)Nc3ccccc3F)c3ccccc32)SC1=S. The van der Waals surface area contributed by atoms with E-state index in [2.05, 4.69) is 5.32 Å². The van der Waals surface area contributed by atoms with Crippen LogP contribution in [0.25, 0.3) is 5.57 Å². The van der Waals surface area contributed by atoms with Crippen LogP contribution < -0.4 is 10.2 Å². The summed E-state index contributed by atoms with van der Waals surface area (Å²) in [6, 6.07) is 12.8. The first kappa shape index (κ1) is 21.2. The second kappa shape index (κ2) is 8.60. The zero-order chi connectivity index (χ0) is 22.1. The van der Waals surface area contributed by atoms with E-state index in [-0.39, 0.29) is 28.6 Å². The molecule has 3 amide bonds. The largest absolute Gasteiger partial charge is 0.322 e. The van der Waals surface area contributed by atoms with Gasteiger partial charge in [0.25, 0.3) is 11.8 Å². The Kier molecular flexibility index (Phi) is 5.88. The van der Waals surface area contributed by atoms with Crippen LogP contribution in [0, 0.1) is 5.82 Å². The standard InChI is InChI=1S/C22H18FN3O3S2/c1-2-11-25-21(29)19(31-22(25)30)18-13-7-3-6-10-16(13)26(20(18)28)12-17(27)24-15-9-5-4-8-14(15)23/h3-10H,2,11-12H2,1H3,(H,24,27)/b19-18-. The van der Waals surface area contributed by atoms with Gasteiger partial charge in [-0.15, -0.1) is 0 Å². The number of benzene rings is 2. The summed E-state index contributed by atoms with van der Waals surface area (Å²) in [4.78, 5) is 41.9. The Balaban J connectivity index is 1.66. The van der Waals surface area contributed by atoms with Crippen LogP contribution in [0.2, 0.25) is 0 Å². The average molecular weight is 456 g/mol. The number of thiocarbonyl (C=S) groups is 1. The lowest BCUT2D eigenvalue weighted by Crippen LogP contribution is -2.35. The van der Waals surface area contributed by atoms with E-state index >= 15 is 0 Å². The molecule has 0 radical (unpaired) electrons. The van der Waals surface area contributed by atoms with Crippen molar-refractivity contribution in [2.24, 2.45) is 0 Å². The molecule has 6 nitrogen and oxygen atoms in total. The minimum atomic E-state index is -0.565. The van der Waals surface area contributed by atoms with E-state index in [1.807, 2.05) is 6.92 Å². The van der Waals surface area contributed by atoms with Crippen LogP contribution in [0.1, 0.15) is 18.9 Å². The molecule has 158 valence electrons. The minimum Gasteiger partial charge on any atom is -0.322 e. The third-order valence-electron chi connectivity index (χ3n) is 4.90. The van der Waals surface area contributed by atoms with Gasteiger partial charge in [-0.3, -0.25) is 24.2 Å². The summed E-state index contributed by atoms with van der Waals surface area (Å²) < 4.78 is 14.3. The molecule has 1 fully saturated rings. The third kappa shape index (κ3) is 3.86. The van der Waals surface area contributed by atoms with Crippen molar-refractivity contribution in [1.82, 2.24) is 4.90 Å². The fraction of sp³-hybridized carbons (Fsp3) is 0.182. The van der Waals surface area contributed by atoms with Crippen molar-refractivity contribution in [2.45, 2.75) is 13.3 Å². The smallest absolute Gasteiger partial charge is 0.267 e. The van der Waals surface area contributed by atoms with E-state index in [9.17, 15) is 18.8 Å². The molecule has 0 aromatic heterocycles. The molecular weight excluding hydrogens is 437 g/mol. The van der Waals surface area contributed by atoms with E-state index in [1.54, 1.807) is 30.3 Å². The van der Waals surface area contributed by atoms with Gasteiger partial charge in [-0.2, -0.15) is 0 Å². The molecule has 0 aliphatic carbocycles. The predicted molar refractivity (Wildman–Crippen MR) is 123 cm³/mol. The molecule has 0 unspecified atom stereocenters. The highest BCUT2D eigenvalue weighted by Gasteiger charge is 2.42. The van der Waals surface area contributed by atoms with Gasteiger partial charge >= 0.3 is 0 Å². The number of hydrogen-bond donors (Lipinski definition) is 1. The number of halogens is 1. The molecule has 2 aromatic rings. The highest BCUT2D eigenvalue weighted by Crippen LogP contribution is 2.44. The quantitative estimate of drug-likeness (QED) is 0.549. The average Bonchev–Trinajstić information content (AvgIpc) is 3.18. The van der Waals surface area contributed by atoms with Gasteiger partial charge in [0, 0.05) is 12.1 Å². The Bertz CT molecular complexity index is 1150. The molecule has 2 aliphatic heterocycles. The number of hydrogen-bond acceptors (Lipinski definition) is 5. The van der Waals surface area contributed by atoms with Crippen LogP contribution in [0.5, 0.6) is 0 Å². The number of nitrogens with one attached hydrogen (secondary N) is 1. The van der Waals surface area contributed by atoms with Crippen molar-refractivity contribution in [1.29, 1.82) is 0 Å². The van der Waals surface area contributed by atoms with Crippen LogP contribution >= 0.6 is 24.0 Å². The van der Waals surface area contributed by atoms with Gasteiger partial charge in [-0.05, 0) is 24.6 Å². The van der Waals surface area contributed by atoms with Gasteiger partial charge in [-0.1, -0.05) is 61.2 Å². The molecular formula is C22H18FN3O3S2. The van der Waals surface area contributed by atoms with Gasteiger partial charge in [-0.25, -0.2) is 4.39 Å². The van der Waals surface area contributed by atoms with Gasteiger partial charge in [0.1, 0.15) is 16.7 Å². The number of nitrogens with zero attached hydrogens (tertiary/aromatic N) is 2. The third-order valence-corrected chi connectivity index (χ3v) is 6.34. The van der Waals surface area contributed by atoms with E-state index in [1.165, 1.54) is 28.0 Å². The molecule has 9 heteroatoms. The normalized spacial score (nSPS) is 18.1. The van der Waals surface area contributed by atoms with Gasteiger partial charge in [0.15, 0.2) is 0 Å². The number of fused-ring (bicyclic) bond motifs is 1. The maximum absolute atomic E-state index is 13.9. The highest BCUT2D eigenvalue weighted by atomic mass is 32.2. The molecule has 0 atom stereocenters. The van der Waals surface area contributed by atoms with Gasteiger partial charge in [0.05, 0.1) is 21.9 Å². The Labute approximate surface area is 188 Å². The first-order valence-electron chi connectivity index (χ1n) is 9.66. The van der Waals surface area contributed by atoms with Crippen LogP contribution in [-0.4, -0.2) is 40.0 Å². The number of carbonyl (C=O) groups excluding carboxylic acids is 3. The summed E-state index contributed by atoms with van der Waals surface area (Å²) >= 11 is 6.43. The molecule has 31 heavy (non-hydrogen) atoms. The predicted octanol–water partition coefficient (Wildman–Crippen LogP) is 3.79. The Hall–Kier alpha value is -3.04. The number of thioether (sulfide) groups is 1. The monoisotopic (exact) mass is 455 g/mol. The summed E-state index contributed by atoms with van der Waals surface area (Å²) in [5.41, 5.74) is 1.37. The fourth-order valence-corrected chi connectivity index (χ4v) is 4.90. The molecule has 0 bridgehead atoms. The van der Waals surface area contributed by atoms with E-state index in [4.69, 9.17) is 12.2 Å². The zero-order valence-corrected chi connectivity index (χ0v) is 18.2. The van der Waals surface area contributed by atoms with Crippen LogP contribution in [-0.2, 0) is 14.4 Å². The van der Waals surface area contributed by atoms with Crippen molar-refractivity contribution in [2.75, 3.05) is 23.3 Å². The van der Waals surface area contributed by atoms with Crippen molar-refractivity contribution < 1.29 is 18.8 Å². The summed E-state index contributed by atoms with van der Waals surface area (Å²) in [5, 5.41) is 2.49. The van der Waals surface area contributed by atoms with E-state index < -0.39 is 17.6 Å². The maximum Gasteiger partial charge on any atom is 0.267 e. The van der Waals surface area contributed by atoms with Crippen molar-refractivity contribution in [3.05, 3.63) is 64.8 Å². The topological polar surface area (TPSA) is 69.7 Å². The first-order chi connectivity index (χ1) is 14.9. The number of amides is 3. The number of anilines is 2. The molecule has 0 saturated carbocycles. The summed E-state index contributed by atoms with van der Waals surface area (Å²) in [6.45, 7) is 2.10. The summed E-state index contributed by atoms with van der Waals surface area (Å²) in [7, 11) is 0. The lowest BCUT2D eigenvalue weighted by molar-refractivity contribution is -0.122. The van der Waals surface area contributed by atoms with Crippen LogP contribution in [0.3, 0.4) is 0 Å². The zero-order valence-electron chi connectivity index (χ0n) is 16.6. The van der Waals surface area contributed by atoms with E-state index in [0.29, 0.717) is 22.1 Å². The summed E-state index contributed by atoms with van der Waals surface area (Å²) in [5.74, 6) is -1.87. The molecule has 2 heterocycles. The molecule has 1 N–H and O–H groups in total. The Morgan fingerprint density at radius 3 is 2.52 bits per heavy atom. The molecule has 2 aromatic carbocycles. The van der Waals surface area contributed by atoms with Gasteiger partial charge < -0.3 is 5.32 Å².